The van der Waals surface area contributed by atoms with E-state index in [1.165, 1.54) is 0 Å². The highest BCUT2D eigenvalue weighted by atomic mass is 32.2. The van der Waals surface area contributed by atoms with Crippen molar-refractivity contribution in [3.8, 4) is 0 Å². The molecule has 70 valence electrons. The minimum atomic E-state index is -3.15. The van der Waals surface area contributed by atoms with E-state index in [1.54, 1.807) is 0 Å². The summed E-state index contributed by atoms with van der Waals surface area (Å²) in [5.41, 5.74) is 5.26. The molecule has 1 rings (SSSR count). The highest BCUT2D eigenvalue weighted by Crippen LogP contribution is 2.06. The van der Waals surface area contributed by atoms with Crippen molar-refractivity contribution in [2.75, 3.05) is 18.8 Å². The van der Waals surface area contributed by atoms with Crippen molar-refractivity contribution in [2.45, 2.75) is 11.7 Å². The van der Waals surface area contributed by atoms with Crippen LogP contribution >= 0.6 is 0 Å². The molecular formula is C6H12N2O3S. The lowest BCUT2D eigenvalue weighted by atomic mass is 10.4. The minimum absolute atomic E-state index is 0.0544. The Morgan fingerprint density at radius 3 is 2.83 bits per heavy atom. The van der Waals surface area contributed by atoms with Crippen molar-refractivity contribution >= 4 is 15.7 Å². The van der Waals surface area contributed by atoms with Crippen LogP contribution in [0.25, 0.3) is 0 Å². The molecule has 1 aliphatic rings. The van der Waals surface area contributed by atoms with Crippen molar-refractivity contribution in [3.05, 3.63) is 0 Å². The molecule has 0 aromatic carbocycles. The molecule has 0 saturated carbocycles. The van der Waals surface area contributed by atoms with E-state index in [2.05, 4.69) is 5.32 Å². The first-order valence-electron chi connectivity index (χ1n) is 3.74. The second-order valence-electron chi connectivity index (χ2n) is 2.78. The predicted octanol–water partition coefficient (Wildman–Crippen LogP) is -1.75. The zero-order valence-electron chi connectivity index (χ0n) is 6.62. The number of amides is 1. The van der Waals surface area contributed by atoms with Gasteiger partial charge >= 0.3 is 0 Å². The summed E-state index contributed by atoms with van der Waals surface area (Å²) >= 11 is 0. The Morgan fingerprint density at radius 2 is 2.25 bits per heavy atom. The molecule has 0 radical (unpaired) electrons. The number of carbonyl (C=O) groups excluding carboxylic acids is 1. The lowest BCUT2D eigenvalue weighted by Crippen LogP contribution is -2.38. The number of rotatable bonds is 1. The Kier molecular flexibility index (Phi) is 2.69. The molecule has 0 spiro atoms. The molecule has 6 heteroatoms. The van der Waals surface area contributed by atoms with Crippen molar-refractivity contribution in [3.63, 3.8) is 0 Å². The molecule has 0 bridgehead atoms. The van der Waals surface area contributed by atoms with E-state index in [0.29, 0.717) is 0 Å². The van der Waals surface area contributed by atoms with E-state index in [9.17, 15) is 13.2 Å². The first-order chi connectivity index (χ1) is 5.56. The van der Waals surface area contributed by atoms with Crippen LogP contribution < -0.4 is 11.1 Å². The van der Waals surface area contributed by atoms with Gasteiger partial charge < -0.3 is 11.1 Å². The predicted molar refractivity (Wildman–Crippen MR) is 44.3 cm³/mol. The van der Waals surface area contributed by atoms with Crippen molar-refractivity contribution in [1.82, 2.24) is 5.32 Å². The topological polar surface area (TPSA) is 89.3 Å². The van der Waals surface area contributed by atoms with Gasteiger partial charge in [0.1, 0.15) is 0 Å². The van der Waals surface area contributed by atoms with Gasteiger partial charge in [-0.25, -0.2) is 8.42 Å². The highest BCUT2D eigenvalue weighted by Gasteiger charge is 2.28. The van der Waals surface area contributed by atoms with Crippen LogP contribution in [0.1, 0.15) is 6.42 Å². The molecule has 1 fully saturated rings. The van der Waals surface area contributed by atoms with E-state index in [0.717, 1.165) is 0 Å². The van der Waals surface area contributed by atoms with Crippen LogP contribution in [0.2, 0.25) is 0 Å². The monoisotopic (exact) mass is 192 g/mol. The first-order valence-corrected chi connectivity index (χ1v) is 5.46. The SMILES string of the molecule is NCC1CNC(=O)CCS1(=O)=O. The summed E-state index contributed by atoms with van der Waals surface area (Å²) in [6, 6.07) is 0. The Hall–Kier alpha value is -0.620. The average Bonchev–Trinajstić information content (AvgIpc) is 2.12. The van der Waals surface area contributed by atoms with E-state index < -0.39 is 15.1 Å². The van der Waals surface area contributed by atoms with Crippen molar-refractivity contribution in [2.24, 2.45) is 5.73 Å². The summed E-state index contributed by atoms with van der Waals surface area (Å²) in [7, 11) is -3.15. The Bertz CT molecular complexity index is 273. The molecule has 12 heavy (non-hydrogen) atoms. The molecule has 5 nitrogen and oxygen atoms in total. The smallest absolute Gasteiger partial charge is 0.221 e. The minimum Gasteiger partial charge on any atom is -0.355 e. The summed E-state index contributed by atoms with van der Waals surface area (Å²) < 4.78 is 22.6. The highest BCUT2D eigenvalue weighted by molar-refractivity contribution is 7.92. The molecule has 0 aromatic heterocycles. The van der Waals surface area contributed by atoms with E-state index in [4.69, 9.17) is 5.73 Å². The van der Waals surface area contributed by atoms with Crippen LogP contribution in [0.4, 0.5) is 0 Å². The third kappa shape index (κ3) is 1.95. The van der Waals surface area contributed by atoms with Gasteiger partial charge in [0.2, 0.25) is 5.91 Å². The van der Waals surface area contributed by atoms with Crippen LogP contribution in [0.5, 0.6) is 0 Å². The molecule has 1 aliphatic heterocycles. The Labute approximate surface area is 71.2 Å². The number of sulfone groups is 1. The fourth-order valence-electron chi connectivity index (χ4n) is 1.07. The number of carbonyl (C=O) groups is 1. The van der Waals surface area contributed by atoms with Gasteiger partial charge in [-0.1, -0.05) is 0 Å². The largest absolute Gasteiger partial charge is 0.355 e. The standard InChI is InChI=1S/C6H12N2O3S/c7-3-5-4-8-6(9)1-2-12(5,10)11/h5H,1-4,7H2,(H,8,9). The molecule has 1 amide bonds. The maximum atomic E-state index is 11.3. The molecule has 0 aliphatic carbocycles. The van der Waals surface area contributed by atoms with E-state index in [1.807, 2.05) is 0 Å². The molecule has 1 saturated heterocycles. The summed E-state index contributed by atoms with van der Waals surface area (Å²) in [5.74, 6) is -0.296. The van der Waals surface area contributed by atoms with Gasteiger partial charge in [-0.15, -0.1) is 0 Å². The van der Waals surface area contributed by atoms with Gasteiger partial charge in [0.05, 0.1) is 11.0 Å². The summed E-state index contributed by atoms with van der Waals surface area (Å²) in [5, 5.41) is 1.90. The molecule has 1 atom stereocenters. The van der Waals surface area contributed by atoms with Gasteiger partial charge in [0, 0.05) is 19.5 Å². The van der Waals surface area contributed by atoms with Gasteiger partial charge in [-0.05, 0) is 0 Å². The molecular weight excluding hydrogens is 180 g/mol. The summed E-state index contributed by atoms with van der Waals surface area (Å²) in [4.78, 5) is 10.8. The number of nitrogens with one attached hydrogen (secondary N) is 1. The molecule has 0 aromatic rings. The normalized spacial score (nSPS) is 29.1. The zero-order chi connectivity index (χ0) is 9.19. The summed E-state index contributed by atoms with van der Waals surface area (Å²) in [6.45, 7) is 0.223. The van der Waals surface area contributed by atoms with Crippen LogP contribution in [-0.2, 0) is 14.6 Å². The quantitative estimate of drug-likeness (QED) is 0.515. The molecule has 1 unspecified atom stereocenters. The van der Waals surface area contributed by atoms with Crippen LogP contribution in [0.15, 0.2) is 0 Å². The van der Waals surface area contributed by atoms with Gasteiger partial charge in [-0.2, -0.15) is 0 Å². The second-order valence-corrected chi connectivity index (χ2v) is 5.18. The van der Waals surface area contributed by atoms with Crippen LogP contribution in [-0.4, -0.2) is 38.4 Å². The van der Waals surface area contributed by atoms with E-state index >= 15 is 0 Å². The van der Waals surface area contributed by atoms with Gasteiger partial charge in [0.15, 0.2) is 9.84 Å². The lowest BCUT2D eigenvalue weighted by Gasteiger charge is -2.10. The van der Waals surface area contributed by atoms with Gasteiger partial charge in [-0.3, -0.25) is 4.79 Å². The maximum absolute atomic E-state index is 11.3. The van der Waals surface area contributed by atoms with Crippen molar-refractivity contribution < 1.29 is 13.2 Å². The average molecular weight is 192 g/mol. The Morgan fingerprint density at radius 1 is 1.58 bits per heavy atom. The molecule has 3 N–H and O–H groups in total. The second kappa shape index (κ2) is 3.40. The van der Waals surface area contributed by atoms with Crippen LogP contribution in [0, 0.1) is 0 Å². The fourth-order valence-corrected chi connectivity index (χ4v) is 2.51. The number of nitrogens with two attached hydrogens (primary N) is 1. The van der Waals surface area contributed by atoms with Crippen LogP contribution in [0.3, 0.4) is 0 Å². The number of hydrogen-bond acceptors (Lipinski definition) is 4. The maximum Gasteiger partial charge on any atom is 0.221 e. The molecule has 1 heterocycles. The summed E-state index contributed by atoms with van der Waals surface area (Å²) in [6.07, 6.45) is 0.0544. The van der Waals surface area contributed by atoms with E-state index in [-0.39, 0.29) is 31.2 Å². The zero-order valence-corrected chi connectivity index (χ0v) is 7.43. The van der Waals surface area contributed by atoms with Crippen molar-refractivity contribution in [1.29, 1.82) is 0 Å². The Balaban J connectivity index is 2.80. The third-order valence-electron chi connectivity index (χ3n) is 1.91. The van der Waals surface area contributed by atoms with Gasteiger partial charge in [0.25, 0.3) is 0 Å². The fraction of sp³-hybridized carbons (Fsp3) is 0.833. The first kappa shape index (κ1) is 9.47. The third-order valence-corrected chi connectivity index (χ3v) is 4.06. The lowest BCUT2D eigenvalue weighted by molar-refractivity contribution is -0.120. The number of hydrogen-bond donors (Lipinski definition) is 2.